The Morgan fingerprint density at radius 3 is 1.32 bits per heavy atom. The van der Waals surface area contributed by atoms with Gasteiger partial charge in [-0.3, -0.25) is 0 Å². The van der Waals surface area contributed by atoms with Crippen LogP contribution in [-0.4, -0.2) is 0 Å². The minimum absolute atomic E-state index is 0.204. The van der Waals surface area contributed by atoms with E-state index < -0.39 is 0 Å². The van der Waals surface area contributed by atoms with Crippen LogP contribution in [0.15, 0.2) is 259 Å². The molecule has 0 N–H and O–H groups in total. The lowest BCUT2D eigenvalue weighted by atomic mass is 9.79. The smallest absolute Gasteiger partial charge is 0.136 e. The summed E-state index contributed by atoms with van der Waals surface area (Å²) in [5, 5.41) is 4.98. The molecule has 2 heterocycles. The van der Waals surface area contributed by atoms with Gasteiger partial charge in [0.25, 0.3) is 0 Å². The summed E-state index contributed by atoms with van der Waals surface area (Å²) in [5.74, 6) is -0.352. The topological polar surface area (TPSA) is 19.6 Å². The Labute approximate surface area is 562 Å². The SMILES string of the molecule is CC(C)(C)c1cc(-c2cc(N(c3cccc(Cl)c3)c3c(-c4ccccc4)cc(C(C)(C)C)cc3-c3ccccc3)cc(N(c3cccc(F)c3)c3c(-c4cccc5oc6ccccc6c45)cc(C(C)(C)C)cc3-c3cccc4sc5ccccc5c34)c2)cc(C(C)(C)C)c1. The van der Waals surface area contributed by atoms with Gasteiger partial charge in [0.15, 0.2) is 0 Å². The summed E-state index contributed by atoms with van der Waals surface area (Å²) in [6.07, 6.45) is 0. The van der Waals surface area contributed by atoms with Gasteiger partial charge in [-0.25, -0.2) is 4.39 Å². The predicted octanol–water partition coefficient (Wildman–Crippen LogP) is 27.2. The van der Waals surface area contributed by atoms with Crippen LogP contribution in [0.25, 0.3) is 97.7 Å². The van der Waals surface area contributed by atoms with Gasteiger partial charge in [0.1, 0.15) is 17.0 Å². The molecule has 0 aliphatic carbocycles. The average Bonchev–Trinajstić information content (AvgIpc) is 1.31. The van der Waals surface area contributed by atoms with E-state index in [0.29, 0.717) is 10.7 Å². The Hall–Kier alpha value is -9.52. The highest BCUT2D eigenvalue weighted by molar-refractivity contribution is 7.26. The molecule has 94 heavy (non-hydrogen) atoms. The van der Waals surface area contributed by atoms with Crippen LogP contribution in [0.1, 0.15) is 105 Å². The van der Waals surface area contributed by atoms with E-state index in [-0.39, 0.29) is 27.5 Å². The van der Waals surface area contributed by atoms with Crippen molar-refractivity contribution in [3.05, 3.63) is 288 Å². The lowest BCUT2D eigenvalue weighted by Gasteiger charge is -2.36. The van der Waals surface area contributed by atoms with Crippen molar-refractivity contribution in [3.63, 3.8) is 0 Å². The Morgan fingerprint density at radius 1 is 0.319 bits per heavy atom. The summed E-state index contributed by atoms with van der Waals surface area (Å²) < 4.78 is 26.3. The Morgan fingerprint density at radius 2 is 0.755 bits per heavy atom. The monoisotopic (exact) mass is 1260 g/mol. The first-order chi connectivity index (χ1) is 44.9. The van der Waals surface area contributed by atoms with Gasteiger partial charge in [-0.15, -0.1) is 11.3 Å². The van der Waals surface area contributed by atoms with Crippen LogP contribution < -0.4 is 9.80 Å². The van der Waals surface area contributed by atoms with Crippen molar-refractivity contribution >= 4 is 99.2 Å². The van der Waals surface area contributed by atoms with E-state index >= 15 is 4.39 Å². The molecule has 0 unspecified atom stereocenters. The Kier molecular flexibility index (Phi) is 15.7. The highest BCUT2D eigenvalue weighted by atomic mass is 35.5. The quantitative estimate of drug-likeness (QED) is 0.129. The molecule has 0 aliphatic heterocycles. The maximum atomic E-state index is 17.1. The number of anilines is 6. The molecule has 2 aromatic heterocycles. The van der Waals surface area contributed by atoms with Crippen molar-refractivity contribution in [1.82, 2.24) is 0 Å². The fraction of sp³-hybridized carbons (Fsp3) is 0.182. The van der Waals surface area contributed by atoms with Crippen LogP contribution in [0.4, 0.5) is 38.5 Å². The molecule has 0 radical (unpaired) electrons. The van der Waals surface area contributed by atoms with Crippen LogP contribution in [0.5, 0.6) is 0 Å². The van der Waals surface area contributed by atoms with E-state index in [1.54, 1.807) is 12.1 Å². The van der Waals surface area contributed by atoms with E-state index in [4.69, 9.17) is 16.0 Å². The first-order valence-electron chi connectivity index (χ1n) is 32.7. The fourth-order valence-electron chi connectivity index (χ4n) is 13.4. The zero-order valence-corrected chi connectivity index (χ0v) is 57.3. The summed E-state index contributed by atoms with van der Waals surface area (Å²) in [6.45, 7) is 27.6. The van der Waals surface area contributed by atoms with E-state index in [2.05, 4.69) is 317 Å². The highest BCUT2D eigenvalue weighted by Crippen LogP contribution is 2.56. The molecule has 0 saturated heterocycles. The zero-order valence-electron chi connectivity index (χ0n) is 55.7. The van der Waals surface area contributed by atoms with Gasteiger partial charge in [0.2, 0.25) is 0 Å². The van der Waals surface area contributed by atoms with E-state index in [1.165, 1.54) is 36.9 Å². The minimum Gasteiger partial charge on any atom is -0.456 e. The molecular formula is C88H78ClFN2OS. The maximum Gasteiger partial charge on any atom is 0.136 e. The molecule has 14 rings (SSSR count). The number of rotatable bonds is 11. The number of halogens is 2. The first kappa shape index (κ1) is 62.0. The second kappa shape index (κ2) is 23.8. The molecule has 12 aromatic carbocycles. The van der Waals surface area contributed by atoms with Gasteiger partial charge in [-0.05, 0) is 180 Å². The third-order valence-corrected chi connectivity index (χ3v) is 19.9. The second-order valence-corrected chi connectivity index (χ2v) is 30.8. The standard InChI is InChI=1S/C88H78ClFN2OS/c1-85(2,3)59-43-57(44-60(47-59)86(4,5)6)58-45-67(91(65-33-23-31-63(89)52-65)83-73(55-27-15-13-16-28-55)48-61(87(7,8)9)49-74(83)56-29-17-14-18-30-56)54-68(46-58)92(66-34-24-32-64(90)53-66)84-75(69-37-25-40-78-81(69)71-35-19-21-39-77(71)93-78)50-62(88(10,11)12)51-76(84)70-38-26-42-80-82(70)72-36-20-22-41-79(72)94-80/h13-54H,1-12H3. The predicted molar refractivity (Wildman–Crippen MR) is 403 cm³/mol. The van der Waals surface area contributed by atoms with Crippen LogP contribution in [0.2, 0.25) is 5.02 Å². The zero-order chi connectivity index (χ0) is 65.6. The largest absolute Gasteiger partial charge is 0.456 e. The molecule has 0 aliphatic rings. The number of furan rings is 1. The number of nitrogens with zero attached hydrogens (tertiary/aromatic N) is 2. The van der Waals surface area contributed by atoms with E-state index in [9.17, 15) is 0 Å². The second-order valence-electron chi connectivity index (χ2n) is 29.3. The first-order valence-corrected chi connectivity index (χ1v) is 33.9. The fourth-order valence-corrected chi connectivity index (χ4v) is 14.7. The van der Waals surface area contributed by atoms with Crippen LogP contribution >= 0.6 is 22.9 Å². The minimum atomic E-state index is -0.352. The van der Waals surface area contributed by atoms with Crippen molar-refractivity contribution in [2.24, 2.45) is 0 Å². The normalized spacial score (nSPS) is 12.4. The Balaban J connectivity index is 1.20. The molecule has 0 atom stereocenters. The van der Waals surface area contributed by atoms with Crippen molar-refractivity contribution in [1.29, 1.82) is 0 Å². The van der Waals surface area contributed by atoms with Crippen molar-refractivity contribution in [3.8, 4) is 55.6 Å². The molecule has 466 valence electrons. The van der Waals surface area contributed by atoms with Crippen LogP contribution in [0, 0.1) is 5.82 Å². The van der Waals surface area contributed by atoms with E-state index in [1.807, 2.05) is 29.5 Å². The molecule has 0 bridgehead atoms. The lowest BCUT2D eigenvalue weighted by Crippen LogP contribution is -2.19. The van der Waals surface area contributed by atoms with Crippen LogP contribution in [0.3, 0.4) is 0 Å². The van der Waals surface area contributed by atoms with Crippen LogP contribution in [-0.2, 0) is 21.7 Å². The van der Waals surface area contributed by atoms with Crippen molar-refractivity contribution < 1.29 is 8.81 Å². The van der Waals surface area contributed by atoms with Gasteiger partial charge in [0.05, 0.1) is 11.4 Å². The van der Waals surface area contributed by atoms with Crippen molar-refractivity contribution in [2.75, 3.05) is 9.80 Å². The van der Waals surface area contributed by atoms with E-state index in [0.717, 1.165) is 112 Å². The van der Waals surface area contributed by atoms with Crippen molar-refractivity contribution in [2.45, 2.75) is 105 Å². The molecule has 0 spiro atoms. The number of benzene rings is 12. The number of para-hydroxylation sites is 1. The summed E-state index contributed by atoms with van der Waals surface area (Å²) >= 11 is 9.14. The third kappa shape index (κ3) is 11.7. The number of thiophene rings is 1. The van der Waals surface area contributed by atoms with Gasteiger partial charge in [-0.1, -0.05) is 246 Å². The third-order valence-electron chi connectivity index (χ3n) is 18.5. The summed E-state index contributed by atoms with van der Waals surface area (Å²) in [4.78, 5) is 4.79. The summed E-state index contributed by atoms with van der Waals surface area (Å²) in [6, 6.07) is 91.1. The van der Waals surface area contributed by atoms with Gasteiger partial charge >= 0.3 is 0 Å². The molecular weight excluding hydrogens is 1190 g/mol. The molecule has 14 aromatic rings. The number of hydrogen-bond acceptors (Lipinski definition) is 4. The summed E-state index contributed by atoms with van der Waals surface area (Å²) in [5.41, 5.74) is 20.9. The van der Waals surface area contributed by atoms with Gasteiger partial charge in [-0.2, -0.15) is 0 Å². The molecule has 0 amide bonds. The van der Waals surface area contributed by atoms with Gasteiger partial charge in [0, 0.05) is 81.0 Å². The number of hydrogen-bond donors (Lipinski definition) is 0. The molecule has 0 saturated carbocycles. The highest BCUT2D eigenvalue weighted by Gasteiger charge is 2.33. The average molecular weight is 1270 g/mol. The lowest BCUT2D eigenvalue weighted by molar-refractivity contribution is 0.569. The number of fused-ring (bicyclic) bond motifs is 6. The molecule has 6 heteroatoms. The van der Waals surface area contributed by atoms with Gasteiger partial charge < -0.3 is 14.2 Å². The summed E-state index contributed by atoms with van der Waals surface area (Å²) in [7, 11) is 0. The Bertz CT molecular complexity index is 4990. The molecule has 3 nitrogen and oxygen atoms in total. The molecule has 0 fully saturated rings. The maximum absolute atomic E-state index is 17.1.